The van der Waals surface area contributed by atoms with E-state index in [1.807, 2.05) is 0 Å². The Morgan fingerprint density at radius 1 is 1.12 bits per heavy atom. The highest BCUT2D eigenvalue weighted by Crippen LogP contribution is 2.40. The third-order valence-electron chi connectivity index (χ3n) is 2.48. The van der Waals surface area contributed by atoms with Gasteiger partial charge in [0, 0.05) is 5.56 Å². The lowest BCUT2D eigenvalue weighted by Gasteiger charge is -2.25. The second-order valence-corrected chi connectivity index (χ2v) is 3.62. The summed E-state index contributed by atoms with van der Waals surface area (Å²) in [5.74, 6) is -3.68. The van der Waals surface area contributed by atoms with Crippen molar-refractivity contribution in [2.24, 2.45) is 5.41 Å². The van der Waals surface area contributed by atoms with Crippen molar-refractivity contribution in [2.45, 2.75) is 13.1 Å². The average Bonchev–Trinajstić information content (AvgIpc) is 2.26. The molecule has 1 N–H and O–H groups in total. The van der Waals surface area contributed by atoms with Gasteiger partial charge in [-0.1, -0.05) is 30.3 Å². The summed E-state index contributed by atoms with van der Waals surface area (Å²) in [6, 6.07) is 6.55. The Balaban J connectivity index is 3.28. The number of carboxylic acids is 1. The van der Waals surface area contributed by atoms with E-state index in [4.69, 9.17) is 5.11 Å². The summed E-state index contributed by atoms with van der Waals surface area (Å²) in [6.07, 6.45) is -5.15. The monoisotopic (exact) mass is 246 g/mol. The van der Waals surface area contributed by atoms with E-state index >= 15 is 0 Å². The number of rotatable bonds is 3. The summed E-state index contributed by atoms with van der Waals surface area (Å²) >= 11 is 0. The van der Waals surface area contributed by atoms with E-state index < -0.39 is 23.3 Å². The van der Waals surface area contributed by atoms with Gasteiger partial charge in [0.1, 0.15) is 0 Å². The molecule has 6 heteroatoms. The van der Waals surface area contributed by atoms with Crippen LogP contribution in [0.5, 0.6) is 0 Å². The second-order valence-electron chi connectivity index (χ2n) is 3.62. The number of alkyl halides is 3. The first-order chi connectivity index (χ1) is 7.71. The fourth-order valence-electron chi connectivity index (χ4n) is 1.23. The Bertz CT molecular complexity index is 439. The van der Waals surface area contributed by atoms with Crippen LogP contribution in [0.2, 0.25) is 0 Å². The van der Waals surface area contributed by atoms with Gasteiger partial charge in [-0.15, -0.1) is 0 Å². The minimum atomic E-state index is -5.15. The molecule has 1 atom stereocenters. The van der Waals surface area contributed by atoms with Crippen molar-refractivity contribution in [3.05, 3.63) is 35.9 Å². The van der Waals surface area contributed by atoms with E-state index in [0.717, 1.165) is 12.1 Å². The Hall–Kier alpha value is -1.85. The number of hydrogen-bond acceptors (Lipinski definition) is 2. The van der Waals surface area contributed by atoms with Gasteiger partial charge < -0.3 is 5.11 Å². The van der Waals surface area contributed by atoms with Crippen LogP contribution in [-0.4, -0.2) is 23.0 Å². The first-order valence-electron chi connectivity index (χ1n) is 4.61. The molecule has 0 aliphatic carbocycles. The van der Waals surface area contributed by atoms with Gasteiger partial charge >= 0.3 is 12.1 Å². The minimum Gasteiger partial charge on any atom is -0.480 e. The van der Waals surface area contributed by atoms with Crippen LogP contribution >= 0.6 is 0 Å². The molecule has 1 aromatic carbocycles. The highest BCUT2D eigenvalue weighted by atomic mass is 19.4. The highest BCUT2D eigenvalue weighted by molar-refractivity contribution is 6.12. The van der Waals surface area contributed by atoms with Crippen LogP contribution < -0.4 is 0 Å². The van der Waals surface area contributed by atoms with Crippen molar-refractivity contribution in [3.63, 3.8) is 0 Å². The molecule has 1 unspecified atom stereocenters. The number of carbonyl (C=O) groups is 2. The summed E-state index contributed by atoms with van der Waals surface area (Å²) in [5, 5.41) is 8.66. The SMILES string of the molecule is CC(C(=O)O)(C(=O)c1ccccc1)C(F)(F)F. The molecular weight excluding hydrogens is 237 g/mol. The zero-order chi connectivity index (χ0) is 13.3. The summed E-state index contributed by atoms with van der Waals surface area (Å²) in [6.45, 7) is 0.366. The van der Waals surface area contributed by atoms with Gasteiger partial charge in [0.05, 0.1) is 0 Å². The van der Waals surface area contributed by atoms with E-state index in [-0.39, 0.29) is 5.56 Å². The van der Waals surface area contributed by atoms with Gasteiger partial charge in [-0.25, -0.2) is 0 Å². The van der Waals surface area contributed by atoms with E-state index in [0.29, 0.717) is 6.92 Å². The van der Waals surface area contributed by atoms with E-state index in [1.165, 1.54) is 18.2 Å². The van der Waals surface area contributed by atoms with Crippen molar-refractivity contribution in [1.82, 2.24) is 0 Å². The number of halogens is 3. The van der Waals surface area contributed by atoms with Crippen LogP contribution in [0, 0.1) is 5.41 Å². The van der Waals surface area contributed by atoms with Crippen LogP contribution in [0.4, 0.5) is 13.2 Å². The number of ketones is 1. The summed E-state index contributed by atoms with van der Waals surface area (Å²) in [5.41, 5.74) is -3.70. The van der Waals surface area contributed by atoms with Crippen molar-refractivity contribution >= 4 is 11.8 Å². The van der Waals surface area contributed by atoms with Gasteiger partial charge in [0.25, 0.3) is 0 Å². The maximum absolute atomic E-state index is 12.7. The van der Waals surface area contributed by atoms with Crippen LogP contribution in [-0.2, 0) is 4.79 Å². The zero-order valence-corrected chi connectivity index (χ0v) is 8.78. The smallest absolute Gasteiger partial charge is 0.411 e. The number of carboxylic acid groups (broad SMARTS) is 1. The third-order valence-corrected chi connectivity index (χ3v) is 2.48. The molecule has 3 nitrogen and oxygen atoms in total. The van der Waals surface area contributed by atoms with Crippen LogP contribution in [0.25, 0.3) is 0 Å². The fraction of sp³-hybridized carbons (Fsp3) is 0.273. The number of benzene rings is 1. The Labute approximate surface area is 94.9 Å². The van der Waals surface area contributed by atoms with Crippen molar-refractivity contribution in [2.75, 3.05) is 0 Å². The van der Waals surface area contributed by atoms with Crippen molar-refractivity contribution < 1.29 is 27.9 Å². The maximum Gasteiger partial charge on any atom is 0.411 e. The van der Waals surface area contributed by atoms with Crippen molar-refractivity contribution in [1.29, 1.82) is 0 Å². The maximum atomic E-state index is 12.7. The molecule has 17 heavy (non-hydrogen) atoms. The predicted octanol–water partition coefficient (Wildman–Crippen LogP) is 2.52. The van der Waals surface area contributed by atoms with Gasteiger partial charge in [0.15, 0.2) is 5.78 Å². The summed E-state index contributed by atoms with van der Waals surface area (Å²) < 4.78 is 38.1. The second kappa shape index (κ2) is 4.20. The lowest BCUT2D eigenvalue weighted by atomic mass is 9.81. The molecule has 0 saturated heterocycles. The molecule has 0 aromatic heterocycles. The Kier molecular flexibility index (Phi) is 3.26. The Morgan fingerprint density at radius 3 is 1.94 bits per heavy atom. The molecule has 0 fully saturated rings. The highest BCUT2D eigenvalue weighted by Gasteiger charge is 2.62. The topological polar surface area (TPSA) is 54.4 Å². The predicted molar refractivity (Wildman–Crippen MR) is 52.6 cm³/mol. The molecule has 0 saturated carbocycles. The van der Waals surface area contributed by atoms with Gasteiger partial charge in [-0.05, 0) is 6.92 Å². The number of hydrogen-bond donors (Lipinski definition) is 1. The molecule has 1 rings (SSSR count). The molecule has 0 aliphatic heterocycles. The molecule has 0 spiro atoms. The first kappa shape index (κ1) is 13.2. The molecule has 0 bridgehead atoms. The van der Waals surface area contributed by atoms with Gasteiger partial charge in [-0.2, -0.15) is 13.2 Å². The van der Waals surface area contributed by atoms with Gasteiger partial charge in [-0.3, -0.25) is 9.59 Å². The van der Waals surface area contributed by atoms with Gasteiger partial charge in [0.2, 0.25) is 5.41 Å². The van der Waals surface area contributed by atoms with Crippen molar-refractivity contribution in [3.8, 4) is 0 Å². The number of Topliss-reactive ketones (excluding diaryl/α,β-unsaturated/α-hetero) is 1. The molecular formula is C11H9F3O3. The summed E-state index contributed by atoms with van der Waals surface area (Å²) in [4.78, 5) is 22.4. The van der Waals surface area contributed by atoms with E-state index in [9.17, 15) is 22.8 Å². The Morgan fingerprint density at radius 2 is 1.59 bits per heavy atom. The quantitative estimate of drug-likeness (QED) is 0.658. The van der Waals surface area contributed by atoms with Crippen LogP contribution in [0.15, 0.2) is 30.3 Å². The molecule has 0 heterocycles. The van der Waals surface area contributed by atoms with E-state index in [1.54, 1.807) is 0 Å². The largest absolute Gasteiger partial charge is 0.480 e. The molecule has 92 valence electrons. The third kappa shape index (κ3) is 2.15. The number of carbonyl (C=O) groups excluding carboxylic acids is 1. The minimum absolute atomic E-state index is 0.283. The first-order valence-corrected chi connectivity index (χ1v) is 4.61. The fourth-order valence-corrected chi connectivity index (χ4v) is 1.23. The zero-order valence-electron chi connectivity index (χ0n) is 8.78. The number of aliphatic carboxylic acids is 1. The van der Waals surface area contributed by atoms with E-state index in [2.05, 4.69) is 0 Å². The van der Waals surface area contributed by atoms with Crippen LogP contribution in [0.3, 0.4) is 0 Å². The lowest BCUT2D eigenvalue weighted by molar-refractivity contribution is -0.210. The molecule has 0 aliphatic rings. The molecule has 1 aromatic rings. The van der Waals surface area contributed by atoms with Crippen LogP contribution in [0.1, 0.15) is 17.3 Å². The average molecular weight is 246 g/mol. The summed E-state index contributed by atoms with van der Waals surface area (Å²) in [7, 11) is 0. The molecule has 0 amide bonds. The standard InChI is InChI=1S/C11H9F3O3/c1-10(9(16)17,11(12,13)14)8(15)7-5-3-2-4-6-7/h2-6H,1H3,(H,16,17). The lowest BCUT2D eigenvalue weighted by Crippen LogP contribution is -2.48. The molecule has 0 radical (unpaired) electrons. The normalized spacial score (nSPS) is 15.1.